The molecule has 1 atom stereocenters. The van der Waals surface area contributed by atoms with Crippen molar-refractivity contribution < 1.29 is 17.6 Å². The van der Waals surface area contributed by atoms with E-state index in [1.54, 1.807) is 42.1 Å². The summed E-state index contributed by atoms with van der Waals surface area (Å²) in [5.41, 5.74) is 1.84. The predicted octanol–water partition coefficient (Wildman–Crippen LogP) is 3.97. The fourth-order valence-electron chi connectivity index (χ4n) is 3.20. The molecule has 0 fully saturated rings. The lowest BCUT2D eigenvalue weighted by atomic mass is 10.0. The Morgan fingerprint density at radius 2 is 1.93 bits per heavy atom. The van der Waals surface area contributed by atoms with E-state index in [-0.39, 0.29) is 35.6 Å². The highest BCUT2D eigenvalue weighted by molar-refractivity contribution is 7.99. The van der Waals surface area contributed by atoms with Crippen LogP contribution in [0.25, 0.3) is 0 Å². The monoisotopic (exact) mass is 436 g/mol. The summed E-state index contributed by atoms with van der Waals surface area (Å²) in [4.78, 5) is 13.4. The van der Waals surface area contributed by atoms with Gasteiger partial charge in [-0.1, -0.05) is 26.0 Å². The van der Waals surface area contributed by atoms with Gasteiger partial charge >= 0.3 is 0 Å². The van der Waals surface area contributed by atoms with Gasteiger partial charge in [-0.05, 0) is 53.8 Å². The molecule has 0 saturated carbocycles. The summed E-state index contributed by atoms with van der Waals surface area (Å²) < 4.78 is 40.8. The second-order valence-corrected chi connectivity index (χ2v) is 10.2. The minimum Gasteiger partial charge on any atom is -0.349 e. The van der Waals surface area contributed by atoms with E-state index < -0.39 is 10.0 Å². The van der Waals surface area contributed by atoms with Crippen molar-refractivity contribution in [3.8, 4) is 0 Å². The number of hydrogen-bond donors (Lipinski definition) is 2. The highest BCUT2D eigenvalue weighted by Gasteiger charge is 2.23. The molecule has 0 aliphatic carbocycles. The van der Waals surface area contributed by atoms with E-state index in [4.69, 9.17) is 0 Å². The second-order valence-electron chi connectivity index (χ2n) is 7.31. The molecule has 2 aromatic rings. The number of carbonyl (C=O) groups excluding carboxylic acids is 1. The van der Waals surface area contributed by atoms with Gasteiger partial charge in [-0.25, -0.2) is 17.5 Å². The summed E-state index contributed by atoms with van der Waals surface area (Å²) in [7, 11) is -3.67. The van der Waals surface area contributed by atoms with E-state index in [9.17, 15) is 17.6 Å². The number of carbonyl (C=O) groups is 1. The van der Waals surface area contributed by atoms with Crippen molar-refractivity contribution in [2.45, 2.75) is 48.4 Å². The standard InChI is InChI=1S/C21H25FN2O3S2/c1-14(2)15-3-6-17(7-4-15)29(26,27)23-11-9-21(25)24-19-10-12-28-20-8-5-16(22)13-18(19)20/h3-8,13-14,19,23H,9-12H2,1-2H3,(H,24,25). The van der Waals surface area contributed by atoms with Crippen LogP contribution in [0.4, 0.5) is 4.39 Å². The third-order valence-corrected chi connectivity index (χ3v) is 7.45. The average Bonchev–Trinajstić information content (AvgIpc) is 2.68. The molecule has 1 unspecified atom stereocenters. The highest BCUT2D eigenvalue weighted by Crippen LogP contribution is 2.36. The minimum atomic E-state index is -3.67. The molecule has 3 rings (SSSR count). The lowest BCUT2D eigenvalue weighted by Gasteiger charge is -2.26. The van der Waals surface area contributed by atoms with Crippen molar-refractivity contribution in [1.82, 2.24) is 10.0 Å². The average molecular weight is 437 g/mol. The predicted molar refractivity (Wildman–Crippen MR) is 113 cm³/mol. The Balaban J connectivity index is 1.54. The van der Waals surface area contributed by atoms with Crippen molar-refractivity contribution in [3.63, 3.8) is 0 Å². The summed E-state index contributed by atoms with van der Waals surface area (Å²) in [5.74, 6) is 0.555. The number of fused-ring (bicyclic) bond motifs is 1. The summed E-state index contributed by atoms with van der Waals surface area (Å²) in [6, 6.07) is 11.1. The van der Waals surface area contributed by atoms with Crippen LogP contribution in [0.1, 0.15) is 49.8 Å². The second kappa shape index (κ2) is 9.28. The van der Waals surface area contributed by atoms with Gasteiger partial charge in [0.2, 0.25) is 15.9 Å². The van der Waals surface area contributed by atoms with Crippen molar-refractivity contribution >= 4 is 27.7 Å². The third-order valence-electron chi connectivity index (χ3n) is 4.85. The molecule has 1 aliphatic heterocycles. The quantitative estimate of drug-likeness (QED) is 0.689. The highest BCUT2D eigenvalue weighted by atomic mass is 32.2. The zero-order valence-electron chi connectivity index (χ0n) is 16.4. The van der Waals surface area contributed by atoms with E-state index in [2.05, 4.69) is 10.0 Å². The van der Waals surface area contributed by atoms with Crippen LogP contribution in [0.2, 0.25) is 0 Å². The lowest BCUT2D eigenvalue weighted by molar-refractivity contribution is -0.121. The molecule has 1 aliphatic rings. The largest absolute Gasteiger partial charge is 0.349 e. The smallest absolute Gasteiger partial charge is 0.240 e. The number of amides is 1. The maximum Gasteiger partial charge on any atom is 0.240 e. The Hall–Kier alpha value is -1.90. The van der Waals surface area contributed by atoms with E-state index in [1.165, 1.54) is 12.1 Å². The van der Waals surface area contributed by atoms with Crippen molar-refractivity contribution in [2.24, 2.45) is 0 Å². The molecule has 2 aromatic carbocycles. The first-order chi connectivity index (χ1) is 13.8. The number of nitrogens with one attached hydrogen (secondary N) is 2. The van der Waals surface area contributed by atoms with Crippen LogP contribution in [0.15, 0.2) is 52.3 Å². The Kier molecular flexibility index (Phi) is 6.97. The van der Waals surface area contributed by atoms with Crippen LogP contribution >= 0.6 is 11.8 Å². The van der Waals surface area contributed by atoms with Crippen LogP contribution < -0.4 is 10.0 Å². The number of sulfonamides is 1. The molecule has 1 heterocycles. The van der Waals surface area contributed by atoms with Gasteiger partial charge in [0.15, 0.2) is 0 Å². The summed E-state index contributed by atoms with van der Waals surface area (Å²) in [6.07, 6.45) is 0.721. The number of hydrogen-bond acceptors (Lipinski definition) is 4. The fraction of sp³-hybridized carbons (Fsp3) is 0.381. The van der Waals surface area contributed by atoms with Crippen molar-refractivity contribution in [2.75, 3.05) is 12.3 Å². The molecule has 0 bridgehead atoms. The van der Waals surface area contributed by atoms with Gasteiger partial charge in [0.05, 0.1) is 10.9 Å². The molecule has 156 valence electrons. The summed E-state index contributed by atoms with van der Waals surface area (Å²) in [6.45, 7) is 4.08. The first-order valence-corrected chi connectivity index (χ1v) is 12.0. The van der Waals surface area contributed by atoms with E-state index in [1.807, 2.05) is 13.8 Å². The number of benzene rings is 2. The molecule has 5 nitrogen and oxygen atoms in total. The number of halogens is 1. The maximum atomic E-state index is 13.6. The summed E-state index contributed by atoms with van der Waals surface area (Å²) >= 11 is 1.64. The molecule has 0 spiro atoms. The van der Waals surface area contributed by atoms with E-state index >= 15 is 0 Å². The first kappa shape index (κ1) is 21.8. The lowest BCUT2D eigenvalue weighted by Crippen LogP contribution is -2.34. The Bertz CT molecular complexity index is 976. The molecule has 29 heavy (non-hydrogen) atoms. The molecule has 1 amide bonds. The third kappa shape index (κ3) is 5.58. The molecular weight excluding hydrogens is 411 g/mol. The Morgan fingerprint density at radius 1 is 1.21 bits per heavy atom. The SMILES string of the molecule is CC(C)c1ccc(S(=O)(=O)NCCC(=O)NC2CCSc3ccc(F)cc32)cc1. The van der Waals surface area contributed by atoms with Crippen molar-refractivity contribution in [1.29, 1.82) is 0 Å². The van der Waals surface area contributed by atoms with Crippen LogP contribution in [0.3, 0.4) is 0 Å². The topological polar surface area (TPSA) is 75.3 Å². The van der Waals surface area contributed by atoms with Crippen LogP contribution in [0.5, 0.6) is 0 Å². The van der Waals surface area contributed by atoms with Crippen LogP contribution in [-0.4, -0.2) is 26.6 Å². The molecule has 2 N–H and O–H groups in total. The maximum absolute atomic E-state index is 13.6. The van der Waals surface area contributed by atoms with Crippen LogP contribution in [-0.2, 0) is 14.8 Å². The molecular formula is C21H25FN2O3S2. The number of rotatable bonds is 7. The van der Waals surface area contributed by atoms with E-state index in [0.717, 1.165) is 21.8 Å². The minimum absolute atomic E-state index is 0.00240. The Morgan fingerprint density at radius 3 is 2.62 bits per heavy atom. The molecule has 0 aromatic heterocycles. The van der Waals surface area contributed by atoms with Gasteiger partial charge < -0.3 is 5.32 Å². The Labute approximate surface area is 175 Å². The zero-order valence-corrected chi connectivity index (χ0v) is 18.1. The van der Waals surface area contributed by atoms with Gasteiger partial charge in [0, 0.05) is 23.6 Å². The zero-order chi connectivity index (χ0) is 21.0. The number of thioether (sulfide) groups is 1. The molecule has 0 saturated heterocycles. The first-order valence-electron chi connectivity index (χ1n) is 9.57. The fourth-order valence-corrected chi connectivity index (χ4v) is 5.33. The van der Waals surface area contributed by atoms with Gasteiger partial charge in [-0.2, -0.15) is 0 Å². The van der Waals surface area contributed by atoms with Gasteiger partial charge in [-0.3, -0.25) is 4.79 Å². The van der Waals surface area contributed by atoms with Crippen LogP contribution in [0, 0.1) is 5.82 Å². The summed E-state index contributed by atoms with van der Waals surface area (Å²) in [5, 5.41) is 2.89. The van der Waals surface area contributed by atoms with Gasteiger partial charge in [0.1, 0.15) is 5.82 Å². The normalized spacial score (nSPS) is 16.5. The molecule has 8 heteroatoms. The van der Waals surface area contributed by atoms with Gasteiger partial charge in [0.25, 0.3) is 0 Å². The molecule has 0 radical (unpaired) electrons. The van der Waals surface area contributed by atoms with E-state index in [0.29, 0.717) is 12.3 Å². The van der Waals surface area contributed by atoms with Crippen molar-refractivity contribution in [3.05, 3.63) is 59.4 Å². The van der Waals surface area contributed by atoms with Gasteiger partial charge in [-0.15, -0.1) is 11.8 Å².